The summed E-state index contributed by atoms with van der Waals surface area (Å²) in [6.45, 7) is -0.188. The number of benzene rings is 4. The molecule has 1 aliphatic carbocycles. The molecule has 0 radical (unpaired) electrons. The molecule has 0 aliphatic heterocycles. The number of carbonyl (C=O) groups is 3. The predicted molar refractivity (Wildman–Crippen MR) is 175 cm³/mol. The summed E-state index contributed by atoms with van der Waals surface area (Å²) in [4.78, 5) is 47.8. The average molecular weight is 787 g/mol. The van der Waals surface area contributed by atoms with E-state index in [2.05, 4.69) is 15.3 Å². The largest absolute Gasteiger partial charge is 1.00 e. The standard InChI is InChI=1S/C31H21Cl2N5O9S2.2Na/c1-38(31(41)15-7-9-18-20(11-15)37-30(33)29(32)36-18)13-14-6-8-19(22(10-14)48(42,43)44)35-21-12-23(49(45,46)47)26(34)25-24(21)27(39)16-4-2-3-5-17(16)28(25)40;;/h2-12,35H,13,34H2,1H3,(H,42,43,44)(H,45,46,47);;/q;2*+1/p-2. The summed E-state index contributed by atoms with van der Waals surface area (Å²) in [6.07, 6.45) is 0. The Labute approximate surface area is 344 Å². The van der Waals surface area contributed by atoms with Crippen LogP contribution in [0.3, 0.4) is 0 Å². The Balaban J connectivity index is 0.00000292. The Morgan fingerprint density at radius 2 is 1.35 bits per heavy atom. The number of aromatic nitrogens is 2. The summed E-state index contributed by atoms with van der Waals surface area (Å²) in [5.41, 5.74) is 4.24. The number of ketones is 2. The minimum absolute atomic E-state index is 0. The van der Waals surface area contributed by atoms with E-state index in [4.69, 9.17) is 28.9 Å². The zero-order valence-electron chi connectivity index (χ0n) is 26.7. The fourth-order valence-electron chi connectivity index (χ4n) is 5.43. The molecule has 0 spiro atoms. The van der Waals surface area contributed by atoms with Crippen molar-refractivity contribution < 1.29 is 99.4 Å². The predicted octanol–water partition coefficient (Wildman–Crippen LogP) is -1.87. The van der Waals surface area contributed by atoms with E-state index in [1.807, 2.05) is 0 Å². The van der Waals surface area contributed by atoms with Gasteiger partial charge in [0.1, 0.15) is 20.2 Å². The van der Waals surface area contributed by atoms with Crippen LogP contribution in [0.1, 0.15) is 47.8 Å². The summed E-state index contributed by atoms with van der Waals surface area (Å²) < 4.78 is 73.8. The van der Waals surface area contributed by atoms with Gasteiger partial charge in [-0.25, -0.2) is 26.8 Å². The molecule has 1 heterocycles. The molecule has 0 bridgehead atoms. The third-order valence-electron chi connectivity index (χ3n) is 7.65. The number of nitrogen functional groups attached to an aromatic ring is 1. The fraction of sp³-hybridized carbons (Fsp3) is 0.0645. The van der Waals surface area contributed by atoms with Crippen LogP contribution in [0.5, 0.6) is 0 Å². The van der Waals surface area contributed by atoms with Gasteiger partial charge in [-0.05, 0) is 42.0 Å². The van der Waals surface area contributed by atoms with Gasteiger partial charge in [-0.1, -0.05) is 53.5 Å². The Morgan fingerprint density at radius 1 is 0.784 bits per heavy atom. The van der Waals surface area contributed by atoms with Gasteiger partial charge in [0.15, 0.2) is 21.9 Å². The number of hydrogen-bond donors (Lipinski definition) is 2. The van der Waals surface area contributed by atoms with Gasteiger partial charge in [0.25, 0.3) is 5.91 Å². The van der Waals surface area contributed by atoms with E-state index in [0.29, 0.717) is 17.1 Å². The molecule has 14 nitrogen and oxygen atoms in total. The van der Waals surface area contributed by atoms with Gasteiger partial charge < -0.3 is 25.1 Å². The first-order chi connectivity index (χ1) is 23.0. The van der Waals surface area contributed by atoms with Gasteiger partial charge in [0.2, 0.25) is 0 Å². The number of carbonyl (C=O) groups excluding carboxylic acids is 3. The van der Waals surface area contributed by atoms with Gasteiger partial charge >= 0.3 is 59.1 Å². The normalized spacial score (nSPS) is 12.3. The number of hydrogen-bond acceptors (Lipinski definition) is 13. The molecule has 1 aromatic heterocycles. The maximum atomic E-state index is 13.6. The molecule has 0 saturated carbocycles. The molecule has 1 aliphatic rings. The zero-order chi connectivity index (χ0) is 35.6. The number of amides is 1. The van der Waals surface area contributed by atoms with Crippen LogP contribution in [-0.4, -0.2) is 65.3 Å². The zero-order valence-corrected chi connectivity index (χ0v) is 33.9. The number of nitrogens with one attached hydrogen (secondary N) is 1. The molecule has 5 aromatic rings. The second-order valence-corrected chi connectivity index (χ2v) is 14.2. The average Bonchev–Trinajstić information content (AvgIpc) is 3.03. The second-order valence-electron chi connectivity index (χ2n) is 10.8. The Bertz CT molecular complexity index is 2540. The van der Waals surface area contributed by atoms with E-state index < -0.39 is 75.7 Å². The Hall–Kier alpha value is -2.97. The molecule has 3 N–H and O–H groups in total. The summed E-state index contributed by atoms with van der Waals surface area (Å²) >= 11 is 11.9. The maximum Gasteiger partial charge on any atom is 1.00 e. The number of nitrogens with zero attached hydrogens (tertiary/aromatic N) is 3. The van der Waals surface area contributed by atoms with Crippen molar-refractivity contribution in [3.8, 4) is 0 Å². The van der Waals surface area contributed by atoms with Crippen LogP contribution < -0.4 is 70.2 Å². The van der Waals surface area contributed by atoms with E-state index in [1.165, 1.54) is 60.5 Å². The van der Waals surface area contributed by atoms with Gasteiger partial charge in [-0.3, -0.25) is 14.4 Å². The van der Waals surface area contributed by atoms with Crippen molar-refractivity contribution >= 4 is 89.0 Å². The molecule has 0 saturated heterocycles. The van der Waals surface area contributed by atoms with Crippen LogP contribution in [0.15, 0.2) is 76.5 Å². The Morgan fingerprint density at radius 3 is 1.94 bits per heavy atom. The van der Waals surface area contributed by atoms with E-state index in [1.54, 1.807) is 0 Å². The monoisotopic (exact) mass is 785 g/mol. The third-order valence-corrected chi connectivity index (χ3v) is 10.0. The molecule has 0 unspecified atom stereocenters. The first-order valence-electron chi connectivity index (χ1n) is 13.8. The van der Waals surface area contributed by atoms with Crippen LogP contribution in [0.25, 0.3) is 11.0 Å². The number of halogens is 2. The molecule has 1 amide bonds. The second kappa shape index (κ2) is 15.2. The number of nitrogens with two attached hydrogens (primary N) is 1. The van der Waals surface area contributed by atoms with Crippen molar-refractivity contribution in [1.82, 2.24) is 14.9 Å². The molecule has 51 heavy (non-hydrogen) atoms. The topological polar surface area (TPSA) is 233 Å². The number of rotatable bonds is 7. The van der Waals surface area contributed by atoms with Gasteiger partial charge in [0, 0.05) is 30.3 Å². The maximum absolute atomic E-state index is 13.6. The number of anilines is 3. The molecule has 4 aromatic carbocycles. The minimum atomic E-state index is -5.32. The van der Waals surface area contributed by atoms with Crippen molar-refractivity contribution in [2.24, 2.45) is 0 Å². The van der Waals surface area contributed by atoms with E-state index >= 15 is 0 Å². The molecular weight excluding hydrogens is 767 g/mol. The van der Waals surface area contributed by atoms with Gasteiger partial charge in [0.05, 0.1) is 49.0 Å². The third kappa shape index (κ3) is 7.88. The molecule has 20 heteroatoms. The van der Waals surface area contributed by atoms with Crippen LogP contribution >= 0.6 is 23.2 Å². The van der Waals surface area contributed by atoms with Crippen LogP contribution in [0.4, 0.5) is 17.1 Å². The number of fused-ring (bicyclic) bond motifs is 3. The molecule has 0 fully saturated rings. The SMILES string of the molecule is CN(Cc1ccc(Nc2cc(S(=O)(=O)[O-])c(N)c3c2C(=O)c2ccccc2C3=O)c(S(=O)(=O)[O-])c1)C(=O)c1ccc2nc(Cl)c(Cl)nc2c1.[Na+].[Na+]. The van der Waals surface area contributed by atoms with Crippen molar-refractivity contribution in [1.29, 1.82) is 0 Å². The minimum Gasteiger partial charge on any atom is -0.744 e. The van der Waals surface area contributed by atoms with Crippen molar-refractivity contribution in [2.45, 2.75) is 16.3 Å². The van der Waals surface area contributed by atoms with Gasteiger partial charge in [-0.2, -0.15) is 0 Å². The summed E-state index contributed by atoms with van der Waals surface area (Å²) in [6, 6.07) is 14.3. The molecular formula is C31H19Cl2N5Na2O9S2. The van der Waals surface area contributed by atoms with E-state index in [-0.39, 0.29) is 98.2 Å². The van der Waals surface area contributed by atoms with E-state index in [9.17, 15) is 40.3 Å². The fourth-order valence-corrected chi connectivity index (χ4v) is 7.01. The van der Waals surface area contributed by atoms with Gasteiger partial charge in [-0.15, -0.1) is 0 Å². The van der Waals surface area contributed by atoms with E-state index in [0.717, 1.165) is 12.1 Å². The van der Waals surface area contributed by atoms with Crippen LogP contribution in [-0.2, 0) is 26.8 Å². The summed E-state index contributed by atoms with van der Waals surface area (Å²) in [5.74, 6) is -2.13. The Kier molecular flexibility index (Phi) is 12.1. The molecule has 6 rings (SSSR count). The first-order valence-corrected chi connectivity index (χ1v) is 17.4. The molecule has 250 valence electrons. The van der Waals surface area contributed by atoms with Crippen LogP contribution in [0.2, 0.25) is 10.3 Å². The van der Waals surface area contributed by atoms with Crippen molar-refractivity contribution in [2.75, 3.05) is 18.1 Å². The summed E-state index contributed by atoms with van der Waals surface area (Å²) in [5, 5.41) is 2.49. The smallest absolute Gasteiger partial charge is 0.744 e. The quantitative estimate of drug-likeness (QED) is 0.103. The summed E-state index contributed by atoms with van der Waals surface area (Å²) in [7, 11) is -9.16. The first kappa shape index (κ1) is 40.8. The van der Waals surface area contributed by atoms with Crippen molar-refractivity contribution in [3.63, 3.8) is 0 Å². The van der Waals surface area contributed by atoms with Crippen LogP contribution in [0, 0.1) is 0 Å². The molecule has 0 atom stereocenters. The van der Waals surface area contributed by atoms with Crippen molar-refractivity contribution in [3.05, 3.63) is 110 Å².